The van der Waals surface area contributed by atoms with Crippen molar-refractivity contribution in [3.8, 4) is 0 Å². The number of fused-ring (bicyclic) bond motifs is 1. The second-order valence-corrected chi connectivity index (χ2v) is 22.1. The van der Waals surface area contributed by atoms with Crippen LogP contribution in [0.1, 0.15) is 57.4 Å². The summed E-state index contributed by atoms with van der Waals surface area (Å²) < 4.78 is 110. The van der Waals surface area contributed by atoms with Gasteiger partial charge in [0.2, 0.25) is 17.7 Å². The molecule has 3 N–H and O–H groups in total. The molecule has 3 amide bonds. The van der Waals surface area contributed by atoms with E-state index in [2.05, 4.69) is 38.3 Å². The summed E-state index contributed by atoms with van der Waals surface area (Å²) in [5.41, 5.74) is 0.904. The zero-order chi connectivity index (χ0) is 71.6. The summed E-state index contributed by atoms with van der Waals surface area (Å²) >= 11 is 4.51. The highest BCUT2D eigenvalue weighted by molar-refractivity contribution is 7.78. The second-order valence-electron chi connectivity index (χ2n) is 22.0. The number of nitrogens with one attached hydrogen (secondary N) is 3. The van der Waals surface area contributed by atoms with E-state index in [-0.39, 0.29) is 81.3 Å². The Balaban J connectivity index is 1.31. The van der Waals surface area contributed by atoms with Crippen LogP contribution in [-0.4, -0.2) is 325 Å². The molecule has 0 heterocycles. The zero-order valence-corrected chi connectivity index (χ0v) is 60.3. The normalized spacial score (nSPS) is 11.7. The number of hydrogen-bond donors (Lipinski definition) is 3. The summed E-state index contributed by atoms with van der Waals surface area (Å²) in [6, 6.07) is 14.0. The van der Waals surface area contributed by atoms with Gasteiger partial charge in [0.1, 0.15) is 11.6 Å². The van der Waals surface area contributed by atoms with Crippen LogP contribution in [0.3, 0.4) is 0 Å². The Bertz CT molecular complexity index is 2300. The van der Waals surface area contributed by atoms with Gasteiger partial charge in [0.25, 0.3) is 0 Å². The van der Waals surface area contributed by atoms with Crippen LogP contribution >= 0.6 is 12.2 Å². The molecule has 1 atom stereocenters. The van der Waals surface area contributed by atoms with Gasteiger partial charge in [-0.2, -0.15) is 0 Å². The van der Waals surface area contributed by atoms with Crippen molar-refractivity contribution in [2.45, 2.75) is 58.3 Å². The lowest BCUT2D eigenvalue weighted by Gasteiger charge is -2.17. The van der Waals surface area contributed by atoms with Crippen molar-refractivity contribution in [3.63, 3.8) is 0 Å². The average molecular weight is 1450 g/mol. The van der Waals surface area contributed by atoms with E-state index in [1.165, 1.54) is 0 Å². The van der Waals surface area contributed by atoms with Gasteiger partial charge in [0.05, 0.1) is 276 Å². The molecule has 2 aromatic carbocycles. The molecular formula is C70H118N4O25S. The molecule has 0 bridgehead atoms. The summed E-state index contributed by atoms with van der Waals surface area (Å²) in [7, 11) is 0. The van der Waals surface area contributed by atoms with Gasteiger partial charge >= 0.3 is 0 Å². The van der Waals surface area contributed by atoms with Gasteiger partial charge in [-0.1, -0.05) is 48.9 Å². The third-order valence-corrected chi connectivity index (χ3v) is 13.9. The number of rotatable bonds is 79. The fourth-order valence-corrected chi connectivity index (χ4v) is 8.66. The van der Waals surface area contributed by atoms with Gasteiger partial charge in [-0.3, -0.25) is 24.0 Å². The van der Waals surface area contributed by atoms with E-state index in [1.807, 2.05) is 42.5 Å². The second kappa shape index (κ2) is 72.8. The molecular weight excluding hydrogens is 1330 g/mol. The van der Waals surface area contributed by atoms with Crippen LogP contribution in [0, 0.1) is 5.92 Å². The Morgan fingerprint density at radius 1 is 0.370 bits per heavy atom. The number of carbonyl (C=O) groups excluding carboxylic acids is 5. The fraction of sp³-hybridized carbons (Fsp3) is 0.771. The largest absolute Gasteiger partial charge is 0.379 e. The quantitative estimate of drug-likeness (QED) is 0.0483. The molecule has 574 valence electrons. The van der Waals surface area contributed by atoms with Crippen LogP contribution < -0.4 is 16.0 Å². The minimum absolute atomic E-state index is 0.0140. The van der Waals surface area contributed by atoms with E-state index in [1.54, 1.807) is 6.92 Å². The van der Waals surface area contributed by atoms with Crippen molar-refractivity contribution in [2.24, 2.45) is 10.9 Å². The van der Waals surface area contributed by atoms with E-state index in [0.29, 0.717) is 290 Å². The van der Waals surface area contributed by atoms with E-state index < -0.39 is 5.92 Å². The van der Waals surface area contributed by atoms with E-state index in [9.17, 15) is 24.0 Å². The summed E-state index contributed by atoms with van der Waals surface area (Å²) in [5.74, 6) is -0.859. The van der Waals surface area contributed by atoms with Crippen molar-refractivity contribution >= 4 is 57.4 Å². The Morgan fingerprint density at radius 3 is 1.06 bits per heavy atom. The van der Waals surface area contributed by atoms with Crippen LogP contribution in [-0.2, 0) is 125 Å². The monoisotopic (exact) mass is 1450 g/mol. The first-order chi connectivity index (χ1) is 49.3. The van der Waals surface area contributed by atoms with Gasteiger partial charge in [-0.15, -0.1) is 0 Å². The van der Waals surface area contributed by atoms with E-state index in [4.69, 9.17) is 94.7 Å². The first kappa shape index (κ1) is 91.5. The SMILES string of the molecule is CC(=O)CCOCCOCCOCCOCCOCCOCCOCCOCCNC(=O)CCOCCOCCOCCOCCOCCOCCOCCOCCNC(=O)C(CCCCNC(=O)CCOCCOCCOCCOCCN=C=S)CC(=O)Cc1ccc2ccccc2c1. The van der Waals surface area contributed by atoms with Crippen LogP contribution in [0.5, 0.6) is 0 Å². The first-order valence-corrected chi connectivity index (χ1v) is 35.6. The van der Waals surface area contributed by atoms with Crippen LogP contribution in [0.25, 0.3) is 10.8 Å². The fourth-order valence-electron chi connectivity index (χ4n) is 8.57. The van der Waals surface area contributed by atoms with Crippen molar-refractivity contribution in [2.75, 3.05) is 290 Å². The van der Waals surface area contributed by atoms with Crippen molar-refractivity contribution in [1.29, 1.82) is 0 Å². The van der Waals surface area contributed by atoms with Crippen molar-refractivity contribution in [1.82, 2.24) is 16.0 Å². The number of hydrogen-bond acceptors (Lipinski definition) is 27. The molecule has 0 aromatic heterocycles. The number of carbonyl (C=O) groups is 5. The summed E-state index contributed by atoms with van der Waals surface area (Å²) in [6.07, 6.45) is 3.03. The lowest BCUT2D eigenvalue weighted by atomic mass is 9.92. The Kier molecular flexibility index (Phi) is 66.6. The van der Waals surface area contributed by atoms with Crippen LogP contribution in [0.4, 0.5) is 0 Å². The van der Waals surface area contributed by atoms with Gasteiger partial charge in [0, 0.05) is 57.7 Å². The molecule has 0 saturated heterocycles. The average Bonchev–Trinajstić information content (AvgIpc) is 1.08. The number of thiocarbonyl (C=S) groups is 1. The molecule has 0 aliphatic heterocycles. The highest BCUT2D eigenvalue weighted by Gasteiger charge is 2.22. The Labute approximate surface area is 597 Å². The molecule has 30 heteroatoms. The number of amides is 3. The van der Waals surface area contributed by atoms with E-state index in [0.717, 1.165) is 16.3 Å². The van der Waals surface area contributed by atoms with Gasteiger partial charge in [0.15, 0.2) is 0 Å². The smallest absolute Gasteiger partial charge is 0.223 e. The molecule has 100 heavy (non-hydrogen) atoms. The Hall–Kier alpha value is -4.55. The molecule has 2 aromatic rings. The number of unbranched alkanes of at least 4 members (excludes halogenated alkanes) is 1. The zero-order valence-electron chi connectivity index (χ0n) is 59.5. The topological polar surface area (TPSA) is 318 Å². The molecule has 0 aliphatic carbocycles. The molecule has 0 radical (unpaired) electrons. The number of benzene rings is 2. The van der Waals surface area contributed by atoms with Crippen LogP contribution in [0.15, 0.2) is 47.5 Å². The standard InChI is InChI=1S/C70H118N4O25S/c1-62(75)11-18-80-24-30-86-37-42-92-46-50-96-54-56-98-52-48-94-44-40-90-34-28-84-22-16-73-69(78)13-20-82-26-32-88-38-43-93-47-51-97-55-57-99-53-49-95-45-41-91-35-29-85-23-17-74-70(79)66(60-67(76)59-63-9-10-64-6-2-3-7-65(64)58-63)8-4-5-14-72-68(77)12-19-81-25-31-87-36-39-89-33-27-83-21-15-71-61-100/h2-3,6-7,9-10,58,66H,4-5,8,11-57,59-60H2,1H3,(H,72,77)(H,73,78)(H,74,79). The number of aliphatic imine (C=N–C) groups is 1. The Morgan fingerprint density at radius 2 is 0.690 bits per heavy atom. The maximum absolute atomic E-state index is 13.4. The van der Waals surface area contributed by atoms with Crippen molar-refractivity contribution < 1.29 is 119 Å². The third-order valence-electron chi connectivity index (χ3n) is 13.8. The molecule has 0 spiro atoms. The first-order valence-electron chi connectivity index (χ1n) is 35.2. The predicted molar refractivity (Wildman–Crippen MR) is 374 cm³/mol. The lowest BCUT2D eigenvalue weighted by molar-refractivity contribution is -0.129. The number of ketones is 2. The molecule has 0 fully saturated rings. The summed E-state index contributed by atoms with van der Waals surface area (Å²) in [4.78, 5) is 65.8. The maximum Gasteiger partial charge on any atom is 0.223 e. The summed E-state index contributed by atoms with van der Waals surface area (Å²) in [5, 5.41) is 13.1. The highest BCUT2D eigenvalue weighted by atomic mass is 32.1. The molecule has 0 aliphatic rings. The number of ether oxygens (including phenoxy) is 20. The number of isothiocyanates is 1. The minimum Gasteiger partial charge on any atom is -0.379 e. The van der Waals surface area contributed by atoms with E-state index >= 15 is 0 Å². The lowest BCUT2D eigenvalue weighted by Crippen LogP contribution is -2.35. The van der Waals surface area contributed by atoms with Crippen molar-refractivity contribution in [3.05, 3.63) is 48.0 Å². The number of nitrogens with zero attached hydrogens (tertiary/aromatic N) is 1. The third kappa shape index (κ3) is 63.2. The highest BCUT2D eigenvalue weighted by Crippen LogP contribution is 2.19. The van der Waals surface area contributed by atoms with Gasteiger partial charge in [-0.25, -0.2) is 4.99 Å². The molecule has 2 rings (SSSR count). The predicted octanol–water partition coefficient (Wildman–Crippen LogP) is 3.67. The van der Waals surface area contributed by atoms with Gasteiger partial charge in [-0.05, 0) is 48.3 Å². The molecule has 29 nitrogen and oxygen atoms in total. The van der Waals surface area contributed by atoms with Crippen LogP contribution in [0.2, 0.25) is 0 Å². The molecule has 1 unspecified atom stereocenters. The maximum atomic E-state index is 13.4. The number of Topliss-reactive ketones (excluding diaryl/α,β-unsaturated/α-hetero) is 2. The summed E-state index contributed by atoms with van der Waals surface area (Å²) in [6.45, 7) is 19.9. The molecule has 0 saturated carbocycles. The van der Waals surface area contributed by atoms with Gasteiger partial charge < -0.3 is 111 Å². The minimum atomic E-state index is -0.519.